The molecule has 2 aromatic carbocycles. The standard InChI is InChI=1S/C28H29BClN2.C9H19N.C2H6.C2H4.CH3.Cd/c1-7-19(5)31-28(32-13-9-10-14-32)23-16-25(30)24(15-18(23)4)22-12-11-17(3)27-26(22)21(8-2)20(6)29-27;1-3-4-7-10-8-5-6-9(10)2;2*1-2;;/h2,11-12,15-16H,4,7,9-10,13-14H2,1,3,5-6H3;9H,3-8H2,1-2H3;1-2H3;1-2H2;1H3;/q;;;;-1;/b28-23+,31-19+;;;;;. The summed E-state index contributed by atoms with van der Waals surface area (Å²) in [5.41, 5.74) is 8.69. The summed E-state index contributed by atoms with van der Waals surface area (Å²) >= 11 is 6.94. The first kappa shape index (κ1) is 45.9. The average molecular weight is 767 g/mol. The molecule has 0 saturated carbocycles. The number of halogens is 1. The van der Waals surface area contributed by atoms with Crippen LogP contribution in [0.4, 0.5) is 0 Å². The second-order valence-corrected chi connectivity index (χ2v) is 12.6. The third-order valence-corrected chi connectivity index (χ3v) is 9.35. The Morgan fingerprint density at radius 2 is 1.71 bits per heavy atom. The maximum atomic E-state index is 6.94. The van der Waals surface area contributed by atoms with Gasteiger partial charge in [-0.15, -0.1) is 19.6 Å². The Morgan fingerprint density at radius 1 is 1.06 bits per heavy atom. The summed E-state index contributed by atoms with van der Waals surface area (Å²) in [6.45, 7) is 32.1. The van der Waals surface area contributed by atoms with Crippen LogP contribution < -0.4 is 15.9 Å². The number of aryl methyl sites for hydroxylation is 1. The second-order valence-electron chi connectivity index (χ2n) is 12.2. The van der Waals surface area contributed by atoms with E-state index in [1.807, 2.05) is 19.9 Å². The second kappa shape index (κ2) is 23.4. The molecular weight excluding hydrogens is 705 g/mol. The Morgan fingerprint density at radius 3 is 2.25 bits per heavy atom. The Bertz CT molecular complexity index is 1530. The monoisotopic (exact) mass is 767 g/mol. The first-order chi connectivity index (χ1) is 22.2. The van der Waals surface area contributed by atoms with E-state index in [0.29, 0.717) is 5.02 Å². The molecule has 0 amide bonds. The van der Waals surface area contributed by atoms with E-state index in [0.717, 1.165) is 75.3 Å². The van der Waals surface area contributed by atoms with E-state index in [2.05, 4.69) is 102 Å². The third kappa shape index (κ3) is 11.5. The third-order valence-electron chi connectivity index (χ3n) is 9.04. The van der Waals surface area contributed by atoms with Crippen LogP contribution in [0.2, 0.25) is 5.02 Å². The summed E-state index contributed by atoms with van der Waals surface area (Å²) in [4.78, 5) is 9.95. The molecule has 1 radical (unpaired) electrons. The number of benzene rings is 2. The summed E-state index contributed by atoms with van der Waals surface area (Å²) in [6, 6.07) is 9.27. The fraction of sp³-hybridized carbons (Fsp3) is 0.476. The molecular formula is C42H61BCdClN3-. The maximum absolute atomic E-state index is 6.94. The Balaban J connectivity index is 0.00000117. The first-order valence-electron chi connectivity index (χ1n) is 17.4. The molecule has 3 nitrogen and oxygen atoms in total. The molecule has 1 atom stereocenters. The van der Waals surface area contributed by atoms with Crippen LogP contribution in [0.1, 0.15) is 105 Å². The van der Waals surface area contributed by atoms with Crippen LogP contribution in [0.5, 0.6) is 0 Å². The van der Waals surface area contributed by atoms with Crippen LogP contribution in [0.25, 0.3) is 29.1 Å². The molecule has 0 aliphatic carbocycles. The predicted octanol–water partition coefficient (Wildman–Crippen LogP) is 9.01. The van der Waals surface area contributed by atoms with Gasteiger partial charge < -0.3 is 17.2 Å². The number of terminal acetylenes is 1. The van der Waals surface area contributed by atoms with E-state index in [-0.39, 0.29) is 34.7 Å². The van der Waals surface area contributed by atoms with Crippen molar-refractivity contribution in [2.24, 2.45) is 4.99 Å². The van der Waals surface area contributed by atoms with Crippen LogP contribution in [-0.2, 0) is 27.3 Å². The van der Waals surface area contributed by atoms with Gasteiger partial charge >= 0.3 is 0 Å². The van der Waals surface area contributed by atoms with Gasteiger partial charge in [-0.2, -0.15) is 0 Å². The molecule has 1 unspecified atom stereocenters. The number of aliphatic imine (C=N–C) groups is 1. The van der Waals surface area contributed by atoms with Crippen molar-refractivity contribution in [3.8, 4) is 23.5 Å². The topological polar surface area (TPSA) is 18.8 Å². The van der Waals surface area contributed by atoms with Crippen molar-refractivity contribution < 1.29 is 27.3 Å². The van der Waals surface area contributed by atoms with Crippen LogP contribution in [0.15, 0.2) is 47.9 Å². The van der Waals surface area contributed by atoms with Crippen molar-refractivity contribution >= 4 is 48.0 Å². The zero-order valence-electron chi connectivity index (χ0n) is 31.9. The maximum Gasteiger partial charge on any atom is 0.188 e. The molecule has 0 bridgehead atoms. The van der Waals surface area contributed by atoms with Gasteiger partial charge in [-0.3, -0.25) is 0 Å². The summed E-state index contributed by atoms with van der Waals surface area (Å²) < 4.78 is 0. The minimum Gasteiger partial charge on any atom is -0.358 e. The molecule has 3 aliphatic heterocycles. The molecule has 2 saturated heterocycles. The van der Waals surface area contributed by atoms with Crippen molar-refractivity contribution in [3.63, 3.8) is 0 Å². The molecule has 2 aromatic rings. The average Bonchev–Trinajstić information content (AvgIpc) is 3.83. The Hall–Kier alpha value is -2.07. The first-order valence-corrected chi connectivity index (χ1v) is 17.8. The number of likely N-dealkylation sites (tertiary alicyclic amines) is 2. The van der Waals surface area contributed by atoms with E-state index >= 15 is 0 Å². The molecule has 257 valence electrons. The zero-order chi connectivity index (χ0) is 34.4. The van der Waals surface area contributed by atoms with Crippen molar-refractivity contribution in [3.05, 3.63) is 76.9 Å². The van der Waals surface area contributed by atoms with Gasteiger partial charge in [-0.1, -0.05) is 93.8 Å². The van der Waals surface area contributed by atoms with Gasteiger partial charge in [0.25, 0.3) is 0 Å². The van der Waals surface area contributed by atoms with Gasteiger partial charge in [-0.25, -0.2) is 4.99 Å². The SMILES string of the molecule is C#CC1=C(C)[B]c2c(C)ccc(-c3cc(=C)/c(=C(\N=C(/C)CC)N4CCCC4)cc3Cl)c21.C=C.CC.CCCCN1CCCC1C.[CH3-].[Cd]. The van der Waals surface area contributed by atoms with Gasteiger partial charge in [0.15, 0.2) is 7.28 Å². The number of hydrogen-bond acceptors (Lipinski definition) is 3. The van der Waals surface area contributed by atoms with E-state index in [1.54, 1.807) is 0 Å². The van der Waals surface area contributed by atoms with Crippen LogP contribution in [0, 0.1) is 26.7 Å². The molecule has 0 aromatic heterocycles. The van der Waals surface area contributed by atoms with Crippen molar-refractivity contribution in [1.29, 1.82) is 0 Å². The predicted molar refractivity (Wildman–Crippen MR) is 215 cm³/mol. The van der Waals surface area contributed by atoms with Gasteiger partial charge in [0, 0.05) is 73.5 Å². The fourth-order valence-corrected chi connectivity index (χ4v) is 6.55. The van der Waals surface area contributed by atoms with E-state index in [1.165, 1.54) is 62.6 Å². The molecule has 3 aliphatic rings. The van der Waals surface area contributed by atoms with Crippen LogP contribution in [0.3, 0.4) is 0 Å². The van der Waals surface area contributed by atoms with Gasteiger partial charge in [-0.05, 0) is 101 Å². The molecule has 48 heavy (non-hydrogen) atoms. The molecule has 0 spiro atoms. The van der Waals surface area contributed by atoms with E-state index in [9.17, 15) is 0 Å². The fourth-order valence-electron chi connectivity index (χ4n) is 6.28. The smallest absolute Gasteiger partial charge is 0.188 e. The number of allylic oxidation sites excluding steroid dienone is 2. The largest absolute Gasteiger partial charge is 0.358 e. The Kier molecular flexibility index (Phi) is 22.3. The summed E-state index contributed by atoms with van der Waals surface area (Å²) in [7, 11) is 2.18. The zero-order valence-corrected chi connectivity index (χ0v) is 36.7. The van der Waals surface area contributed by atoms with Crippen LogP contribution >= 0.6 is 11.6 Å². The number of unbranched alkanes of at least 4 members (excludes halogenated alkanes) is 1. The summed E-state index contributed by atoms with van der Waals surface area (Å²) in [5.74, 6) is 3.89. The molecule has 3 heterocycles. The summed E-state index contributed by atoms with van der Waals surface area (Å²) in [6.07, 6.45) is 14.8. The molecule has 6 heteroatoms. The van der Waals surface area contributed by atoms with E-state index in [4.69, 9.17) is 23.0 Å². The van der Waals surface area contributed by atoms with Gasteiger partial charge in [0.2, 0.25) is 0 Å². The minimum atomic E-state index is 0. The number of hydrogen-bond donors (Lipinski definition) is 0. The van der Waals surface area contributed by atoms with Gasteiger partial charge in [0.1, 0.15) is 5.82 Å². The minimum absolute atomic E-state index is 0. The number of fused-ring (bicyclic) bond motifs is 1. The van der Waals surface area contributed by atoms with E-state index < -0.39 is 0 Å². The van der Waals surface area contributed by atoms with Crippen molar-refractivity contribution in [1.82, 2.24) is 9.80 Å². The molecule has 0 N–H and O–H groups in total. The molecule has 2 fully saturated rings. The molecule has 5 rings (SSSR count). The van der Waals surface area contributed by atoms with Crippen molar-refractivity contribution in [2.45, 2.75) is 106 Å². The van der Waals surface area contributed by atoms with Crippen LogP contribution in [-0.4, -0.2) is 55.0 Å². The van der Waals surface area contributed by atoms with Crippen molar-refractivity contribution in [2.75, 3.05) is 26.2 Å². The number of nitrogens with zero attached hydrogens (tertiary/aromatic N) is 3. The normalized spacial score (nSPS) is 17.1. The summed E-state index contributed by atoms with van der Waals surface area (Å²) in [5, 5.41) is 2.63. The quantitative estimate of drug-likeness (QED) is 0.0922. The number of rotatable bonds is 7. The van der Waals surface area contributed by atoms with Gasteiger partial charge in [0.05, 0.1) is 0 Å². The Labute approximate surface area is 321 Å².